The van der Waals surface area contributed by atoms with Crippen molar-refractivity contribution in [1.82, 2.24) is 13.7 Å². The Morgan fingerprint density at radius 1 is 0.333 bits per heavy atom. The lowest BCUT2D eigenvalue weighted by atomic mass is 10.1. The van der Waals surface area contributed by atoms with E-state index >= 15 is 0 Å². The third-order valence-corrected chi connectivity index (χ3v) is 15.0. The lowest BCUT2D eigenvalue weighted by Crippen LogP contribution is -2.55. The minimum Gasteiger partial charge on any atom is -0.464 e. The van der Waals surface area contributed by atoms with E-state index < -0.39 is 35.0 Å². The Labute approximate surface area is 412 Å². The zero-order valence-electron chi connectivity index (χ0n) is 41.9. The van der Waals surface area contributed by atoms with Gasteiger partial charge in [-0.2, -0.15) is 35.3 Å². The van der Waals surface area contributed by atoms with Crippen molar-refractivity contribution in [3.05, 3.63) is 31.5 Å². The van der Waals surface area contributed by atoms with Crippen LogP contribution in [0.25, 0.3) is 0 Å². The fourth-order valence-corrected chi connectivity index (χ4v) is 10.4. The van der Waals surface area contributed by atoms with E-state index in [-0.39, 0.29) is 58.7 Å². The number of esters is 3. The molecule has 0 saturated carbocycles. The summed E-state index contributed by atoms with van der Waals surface area (Å²) in [4.78, 5) is 78.2. The van der Waals surface area contributed by atoms with E-state index in [1.165, 1.54) is 154 Å². The largest absolute Gasteiger partial charge is 0.464 e. The van der Waals surface area contributed by atoms with Gasteiger partial charge in [-0.25, -0.2) is 28.1 Å². The van der Waals surface area contributed by atoms with Crippen molar-refractivity contribution < 1.29 is 28.6 Å². The molecule has 0 aliphatic carbocycles. The van der Waals surface area contributed by atoms with Gasteiger partial charge in [-0.3, -0.25) is 14.4 Å². The van der Waals surface area contributed by atoms with Gasteiger partial charge in [0.05, 0.1) is 19.6 Å². The molecule has 15 heteroatoms. The van der Waals surface area contributed by atoms with Crippen LogP contribution < -0.4 is 17.1 Å². The lowest BCUT2D eigenvalue weighted by Gasteiger charge is -2.14. The van der Waals surface area contributed by atoms with Crippen LogP contribution in [0, 0.1) is 0 Å². The second-order valence-corrected chi connectivity index (χ2v) is 21.2. The van der Waals surface area contributed by atoms with Crippen molar-refractivity contribution in [2.24, 2.45) is 0 Å². The maximum absolute atomic E-state index is 13.5. The fourth-order valence-electron chi connectivity index (χ4n) is 7.50. The average Bonchev–Trinajstić information content (AvgIpc) is 3.30. The topological polar surface area (TPSA) is 145 Å². The summed E-state index contributed by atoms with van der Waals surface area (Å²) in [7, 11) is 0. The first-order valence-corrected chi connectivity index (χ1v) is 29.9. The minimum atomic E-state index is -0.885. The molecule has 0 amide bonds. The van der Waals surface area contributed by atoms with Crippen molar-refractivity contribution in [2.75, 3.05) is 54.3 Å². The summed E-state index contributed by atoms with van der Waals surface area (Å²) in [5.41, 5.74) is -2.65. The SMILES string of the molecule is CCCCCCCCCCSCCCC(=O)OCCn1c(=O)n(CCOC(=O)CCCSCCCCCCCCCC)c(=O)n(CCOC(=O)CCCSCCCCCCCCCC)c1=O. The molecular formula is C51H93N3O9S3. The molecule has 0 N–H and O–H groups in total. The summed E-state index contributed by atoms with van der Waals surface area (Å²) in [6, 6.07) is 0. The molecule has 0 fully saturated rings. The number of ether oxygens (including phenoxy) is 3. The molecule has 66 heavy (non-hydrogen) atoms. The standard InChI is InChI=1S/C51H93N3O9S3/c1-4-7-10-13-16-19-22-25-40-64-43-28-31-46(55)61-37-34-52-49(58)53(35-38-62-47(56)32-29-44-65-41-26-23-20-17-14-11-8-5-2)51(60)54(50(52)59)36-39-63-48(57)33-30-45-66-42-27-24-21-18-15-12-9-6-3/h4-45H2,1-3H3. The van der Waals surface area contributed by atoms with E-state index in [2.05, 4.69) is 20.8 Å². The highest BCUT2D eigenvalue weighted by atomic mass is 32.2. The second kappa shape index (κ2) is 45.3. The van der Waals surface area contributed by atoms with Gasteiger partial charge >= 0.3 is 35.0 Å². The van der Waals surface area contributed by atoms with Crippen LogP contribution in [0.4, 0.5) is 0 Å². The van der Waals surface area contributed by atoms with Crippen LogP contribution in [0.15, 0.2) is 14.4 Å². The van der Waals surface area contributed by atoms with Gasteiger partial charge in [0.15, 0.2) is 0 Å². The summed E-state index contributed by atoms with van der Waals surface area (Å²) < 4.78 is 18.7. The van der Waals surface area contributed by atoms with Crippen LogP contribution in [0.5, 0.6) is 0 Å². The van der Waals surface area contributed by atoms with Crippen LogP contribution in [-0.2, 0) is 48.2 Å². The Morgan fingerprint density at radius 2 is 0.545 bits per heavy atom. The molecule has 0 bridgehead atoms. The molecule has 1 heterocycles. The molecule has 0 unspecified atom stereocenters. The Bertz CT molecular complexity index is 1330. The second-order valence-electron chi connectivity index (χ2n) is 17.5. The summed E-state index contributed by atoms with van der Waals surface area (Å²) in [5, 5.41) is 0. The zero-order chi connectivity index (χ0) is 48.1. The first-order valence-electron chi connectivity index (χ1n) is 26.4. The molecule has 384 valence electrons. The number of unbranched alkanes of at least 4 members (excludes halogenated alkanes) is 21. The smallest absolute Gasteiger partial charge is 0.336 e. The Hall–Kier alpha value is -2.13. The number of nitrogens with zero attached hydrogens (tertiary/aromatic N) is 3. The van der Waals surface area contributed by atoms with Gasteiger partial charge in [-0.15, -0.1) is 0 Å². The Kier molecular flexibility index (Phi) is 42.5. The molecule has 0 aliphatic rings. The molecule has 0 saturated heterocycles. The first kappa shape index (κ1) is 61.9. The monoisotopic (exact) mass is 988 g/mol. The van der Waals surface area contributed by atoms with Crippen molar-refractivity contribution in [1.29, 1.82) is 0 Å². The van der Waals surface area contributed by atoms with Gasteiger partial charge in [-0.1, -0.05) is 156 Å². The fraction of sp³-hybridized carbons (Fsp3) is 0.882. The van der Waals surface area contributed by atoms with Gasteiger partial charge in [0.1, 0.15) is 19.8 Å². The lowest BCUT2D eigenvalue weighted by molar-refractivity contribution is -0.144. The summed E-state index contributed by atoms with van der Waals surface area (Å²) >= 11 is 5.52. The molecule has 1 aromatic rings. The zero-order valence-corrected chi connectivity index (χ0v) is 44.4. The predicted molar refractivity (Wildman–Crippen MR) is 280 cm³/mol. The number of carbonyl (C=O) groups is 3. The van der Waals surface area contributed by atoms with Crippen LogP contribution in [0.2, 0.25) is 0 Å². The van der Waals surface area contributed by atoms with E-state index in [9.17, 15) is 28.8 Å². The van der Waals surface area contributed by atoms with Gasteiger partial charge < -0.3 is 14.2 Å². The summed E-state index contributed by atoms with van der Waals surface area (Å²) in [5.74, 6) is 4.54. The third kappa shape index (κ3) is 34.2. The number of hydrogen-bond acceptors (Lipinski definition) is 12. The number of thioether (sulfide) groups is 3. The molecule has 1 aromatic heterocycles. The molecule has 0 aromatic carbocycles. The van der Waals surface area contributed by atoms with Gasteiger partial charge in [0.25, 0.3) is 0 Å². The van der Waals surface area contributed by atoms with Crippen LogP contribution >= 0.6 is 35.3 Å². The van der Waals surface area contributed by atoms with Gasteiger partial charge in [0, 0.05) is 19.3 Å². The summed E-state index contributed by atoms with van der Waals surface area (Å²) in [6.07, 6.45) is 33.5. The molecule has 1 rings (SSSR count). The molecular weight excluding hydrogens is 895 g/mol. The van der Waals surface area contributed by atoms with Crippen LogP contribution in [0.1, 0.15) is 213 Å². The maximum atomic E-state index is 13.5. The summed E-state index contributed by atoms with van der Waals surface area (Å²) in [6.45, 7) is 5.24. The number of carbonyl (C=O) groups excluding carboxylic acids is 3. The molecule has 0 radical (unpaired) electrons. The highest BCUT2D eigenvalue weighted by Gasteiger charge is 2.17. The Balaban J connectivity index is 2.64. The first-order chi connectivity index (χ1) is 32.3. The predicted octanol–water partition coefficient (Wildman–Crippen LogP) is 11.8. The number of rotatable bonds is 48. The van der Waals surface area contributed by atoms with Crippen molar-refractivity contribution in [3.8, 4) is 0 Å². The van der Waals surface area contributed by atoms with E-state index in [1.807, 2.05) is 35.3 Å². The van der Waals surface area contributed by atoms with E-state index in [0.29, 0.717) is 19.3 Å². The van der Waals surface area contributed by atoms with E-state index in [1.54, 1.807) is 0 Å². The average molecular weight is 989 g/mol. The molecule has 12 nitrogen and oxygen atoms in total. The number of hydrogen-bond donors (Lipinski definition) is 0. The van der Waals surface area contributed by atoms with E-state index in [0.717, 1.165) is 48.2 Å². The molecule has 0 spiro atoms. The number of aromatic nitrogens is 3. The van der Waals surface area contributed by atoms with Crippen LogP contribution in [0.3, 0.4) is 0 Å². The normalized spacial score (nSPS) is 11.3. The minimum absolute atomic E-state index is 0.227. The van der Waals surface area contributed by atoms with Gasteiger partial charge in [0.2, 0.25) is 0 Å². The maximum Gasteiger partial charge on any atom is 0.336 e. The Morgan fingerprint density at radius 3 is 0.788 bits per heavy atom. The highest BCUT2D eigenvalue weighted by molar-refractivity contribution is 7.99. The van der Waals surface area contributed by atoms with Gasteiger partial charge in [-0.05, 0) is 73.0 Å². The van der Waals surface area contributed by atoms with Crippen LogP contribution in [-0.4, -0.2) is 85.9 Å². The molecule has 0 atom stereocenters. The van der Waals surface area contributed by atoms with E-state index in [4.69, 9.17) is 14.2 Å². The third-order valence-electron chi connectivity index (χ3n) is 11.6. The van der Waals surface area contributed by atoms with Crippen molar-refractivity contribution in [3.63, 3.8) is 0 Å². The quantitative estimate of drug-likeness (QED) is 0.0348. The highest BCUT2D eigenvalue weighted by Crippen LogP contribution is 2.15. The van der Waals surface area contributed by atoms with Crippen molar-refractivity contribution in [2.45, 2.75) is 233 Å². The molecule has 0 aliphatic heterocycles. The van der Waals surface area contributed by atoms with Crippen molar-refractivity contribution >= 4 is 53.2 Å².